The fourth-order valence-electron chi connectivity index (χ4n) is 3.37. The van der Waals surface area contributed by atoms with Gasteiger partial charge in [-0.25, -0.2) is 13.2 Å². The second kappa shape index (κ2) is 9.15. The Labute approximate surface area is 178 Å². The van der Waals surface area contributed by atoms with Crippen molar-refractivity contribution < 1.29 is 31.1 Å². The molecule has 1 aliphatic heterocycles. The van der Waals surface area contributed by atoms with Gasteiger partial charge in [0.15, 0.2) is 0 Å². The Balaban J connectivity index is 1.63. The minimum absolute atomic E-state index is 0.0959. The normalized spacial score (nSPS) is 17.5. The minimum atomic E-state index is -4.38. The van der Waals surface area contributed by atoms with E-state index in [2.05, 4.69) is 5.32 Å². The van der Waals surface area contributed by atoms with Gasteiger partial charge in [0.2, 0.25) is 10.0 Å². The van der Waals surface area contributed by atoms with Crippen LogP contribution in [0.5, 0.6) is 0 Å². The number of primary amides is 1. The van der Waals surface area contributed by atoms with Crippen molar-refractivity contribution in [2.45, 2.75) is 36.5 Å². The number of carbonyl (C=O) groups excluding carboxylic acids is 1. The van der Waals surface area contributed by atoms with Crippen molar-refractivity contribution in [3.63, 3.8) is 0 Å². The quantitative estimate of drug-likeness (QED) is 0.662. The van der Waals surface area contributed by atoms with Crippen LogP contribution in [0.2, 0.25) is 0 Å². The Morgan fingerprint density at radius 2 is 1.77 bits per heavy atom. The summed E-state index contributed by atoms with van der Waals surface area (Å²) in [5.74, 6) is 0. The van der Waals surface area contributed by atoms with Gasteiger partial charge in [-0.05, 0) is 54.8 Å². The molecule has 1 aliphatic rings. The molecular weight excluding hydrogens is 435 g/mol. The van der Waals surface area contributed by atoms with Crippen molar-refractivity contribution in [2.75, 3.05) is 18.5 Å². The third-order valence-corrected chi connectivity index (χ3v) is 6.95. The van der Waals surface area contributed by atoms with Gasteiger partial charge in [-0.3, -0.25) is 0 Å². The molecular formula is C20H22F3N3O4S. The Morgan fingerprint density at radius 1 is 1.13 bits per heavy atom. The maximum Gasteiger partial charge on any atom is 0.416 e. The summed E-state index contributed by atoms with van der Waals surface area (Å²) in [4.78, 5) is 10.9. The number of hydrogen-bond acceptors (Lipinski definition) is 5. The van der Waals surface area contributed by atoms with Crippen molar-refractivity contribution >= 4 is 21.8 Å². The predicted octanol–water partition coefficient (Wildman–Crippen LogP) is 3.57. The molecule has 0 radical (unpaired) electrons. The van der Waals surface area contributed by atoms with Crippen LogP contribution in [0.4, 0.5) is 23.7 Å². The topological polar surface area (TPSA) is 102 Å². The first-order valence-corrected chi connectivity index (χ1v) is 11.0. The van der Waals surface area contributed by atoms with Crippen LogP contribution in [-0.2, 0) is 27.5 Å². The van der Waals surface area contributed by atoms with Crippen molar-refractivity contribution in [1.82, 2.24) is 4.31 Å². The summed E-state index contributed by atoms with van der Waals surface area (Å²) in [6.45, 7) is 0.507. The summed E-state index contributed by atoms with van der Waals surface area (Å²) < 4.78 is 69.8. The van der Waals surface area contributed by atoms with Crippen molar-refractivity contribution in [1.29, 1.82) is 0 Å². The Kier molecular flexibility index (Phi) is 6.75. The highest BCUT2D eigenvalue weighted by atomic mass is 32.2. The predicted molar refractivity (Wildman–Crippen MR) is 108 cm³/mol. The van der Waals surface area contributed by atoms with E-state index in [1.54, 1.807) is 12.1 Å². The molecule has 0 bridgehead atoms. The number of carbonyl (C=O) groups is 1. The molecule has 2 aromatic carbocycles. The van der Waals surface area contributed by atoms with Gasteiger partial charge >= 0.3 is 12.3 Å². The van der Waals surface area contributed by atoms with E-state index in [0.717, 1.165) is 12.1 Å². The Hall–Kier alpha value is -2.79. The summed E-state index contributed by atoms with van der Waals surface area (Å²) in [7, 11) is -3.77. The van der Waals surface area contributed by atoms with Crippen LogP contribution >= 0.6 is 0 Å². The van der Waals surface area contributed by atoms with E-state index in [1.165, 1.54) is 28.6 Å². The standard InChI is InChI=1S/C20H22F3N3O4S/c21-20(22,23)15-5-3-14(4-6-15)12-25-16-7-9-18(10-8-16)31(28,29)26-11-1-2-17(26)13-30-19(24)27/h3-10,17,25H,1-2,11-13H2,(H2,24,27)/t17-/m1/s1. The summed E-state index contributed by atoms with van der Waals surface area (Å²) in [6.07, 6.45) is -4.11. The van der Waals surface area contributed by atoms with E-state index in [4.69, 9.17) is 10.5 Å². The Bertz CT molecular complexity index is 1010. The highest BCUT2D eigenvalue weighted by Gasteiger charge is 2.36. The van der Waals surface area contributed by atoms with Crippen LogP contribution in [0.15, 0.2) is 53.4 Å². The fraction of sp³-hybridized carbons (Fsp3) is 0.350. The number of amides is 1. The first kappa shape index (κ1) is 22.9. The lowest BCUT2D eigenvalue weighted by Crippen LogP contribution is -2.39. The zero-order valence-corrected chi connectivity index (χ0v) is 17.2. The van der Waals surface area contributed by atoms with Crippen LogP contribution in [0.25, 0.3) is 0 Å². The molecule has 3 N–H and O–H groups in total. The second-order valence-corrected chi connectivity index (χ2v) is 9.01. The summed E-state index contributed by atoms with van der Waals surface area (Å²) >= 11 is 0. The average Bonchev–Trinajstić information content (AvgIpc) is 3.20. The Morgan fingerprint density at radius 3 is 2.35 bits per heavy atom. The van der Waals surface area contributed by atoms with E-state index in [9.17, 15) is 26.4 Å². The molecule has 1 fully saturated rings. The third-order valence-electron chi connectivity index (χ3n) is 4.98. The van der Waals surface area contributed by atoms with Crippen molar-refractivity contribution in [2.24, 2.45) is 5.73 Å². The van der Waals surface area contributed by atoms with E-state index in [1.807, 2.05) is 0 Å². The van der Waals surface area contributed by atoms with Crippen LogP contribution < -0.4 is 11.1 Å². The number of alkyl halides is 3. The minimum Gasteiger partial charge on any atom is -0.448 e. The van der Waals surface area contributed by atoms with E-state index in [-0.39, 0.29) is 18.0 Å². The first-order valence-electron chi connectivity index (χ1n) is 9.51. The fourth-order valence-corrected chi connectivity index (χ4v) is 5.05. The van der Waals surface area contributed by atoms with Crippen LogP contribution in [-0.4, -0.2) is 38.0 Å². The number of nitrogens with zero attached hydrogens (tertiary/aromatic N) is 1. The molecule has 0 saturated carbocycles. The van der Waals surface area contributed by atoms with Gasteiger partial charge in [0.1, 0.15) is 6.61 Å². The highest BCUT2D eigenvalue weighted by Crippen LogP contribution is 2.29. The van der Waals surface area contributed by atoms with Crippen molar-refractivity contribution in [3.05, 3.63) is 59.7 Å². The molecule has 11 heteroatoms. The molecule has 1 amide bonds. The van der Waals surface area contributed by atoms with Gasteiger partial charge in [0.05, 0.1) is 16.5 Å². The number of nitrogens with one attached hydrogen (secondary N) is 1. The number of halogens is 3. The van der Waals surface area contributed by atoms with E-state index in [0.29, 0.717) is 30.6 Å². The van der Waals surface area contributed by atoms with E-state index >= 15 is 0 Å². The lowest BCUT2D eigenvalue weighted by molar-refractivity contribution is -0.137. The molecule has 0 aliphatic carbocycles. The van der Waals surface area contributed by atoms with Gasteiger partial charge in [-0.2, -0.15) is 17.5 Å². The zero-order chi connectivity index (χ0) is 22.6. The third kappa shape index (κ3) is 5.67. The number of ether oxygens (including phenoxy) is 1. The van der Waals surface area contributed by atoms with Crippen molar-refractivity contribution in [3.8, 4) is 0 Å². The van der Waals surface area contributed by atoms with Gasteiger partial charge in [0, 0.05) is 18.8 Å². The molecule has 31 heavy (non-hydrogen) atoms. The molecule has 168 valence electrons. The summed E-state index contributed by atoms with van der Waals surface area (Å²) in [5, 5.41) is 3.05. The molecule has 1 saturated heterocycles. The van der Waals surface area contributed by atoms with Crippen LogP contribution in [0, 0.1) is 0 Å². The number of sulfonamides is 1. The maximum atomic E-state index is 12.9. The van der Waals surface area contributed by atoms with Gasteiger partial charge in [-0.15, -0.1) is 0 Å². The number of rotatable bonds is 7. The monoisotopic (exact) mass is 457 g/mol. The maximum absolute atomic E-state index is 12.9. The first-order chi connectivity index (χ1) is 14.6. The molecule has 1 heterocycles. The number of nitrogens with two attached hydrogens (primary N) is 1. The van der Waals surface area contributed by atoms with Gasteiger partial charge in [0.25, 0.3) is 0 Å². The SMILES string of the molecule is NC(=O)OC[C@H]1CCCN1S(=O)(=O)c1ccc(NCc2ccc(C(F)(F)F)cc2)cc1. The number of hydrogen-bond donors (Lipinski definition) is 2. The summed E-state index contributed by atoms with van der Waals surface area (Å²) in [5.41, 5.74) is 5.52. The zero-order valence-electron chi connectivity index (χ0n) is 16.4. The largest absolute Gasteiger partial charge is 0.448 e. The molecule has 1 atom stereocenters. The van der Waals surface area contributed by atoms with Crippen LogP contribution in [0.3, 0.4) is 0 Å². The lowest BCUT2D eigenvalue weighted by Gasteiger charge is -2.23. The van der Waals surface area contributed by atoms with Crippen LogP contribution in [0.1, 0.15) is 24.0 Å². The average molecular weight is 457 g/mol. The molecule has 0 aromatic heterocycles. The van der Waals surface area contributed by atoms with E-state index < -0.39 is 33.9 Å². The molecule has 3 rings (SSSR count). The van der Waals surface area contributed by atoms with Gasteiger partial charge < -0.3 is 15.8 Å². The lowest BCUT2D eigenvalue weighted by atomic mass is 10.1. The second-order valence-electron chi connectivity index (χ2n) is 7.11. The smallest absolute Gasteiger partial charge is 0.416 e. The molecule has 7 nitrogen and oxygen atoms in total. The molecule has 0 unspecified atom stereocenters. The number of anilines is 1. The molecule has 2 aromatic rings. The summed E-state index contributed by atoms with van der Waals surface area (Å²) in [6, 6.07) is 10.4. The number of benzene rings is 2. The highest BCUT2D eigenvalue weighted by molar-refractivity contribution is 7.89. The van der Waals surface area contributed by atoms with Gasteiger partial charge in [-0.1, -0.05) is 12.1 Å². The molecule has 0 spiro atoms.